The Morgan fingerprint density at radius 2 is 1.74 bits per heavy atom. The van der Waals surface area contributed by atoms with Crippen molar-refractivity contribution in [3.05, 3.63) is 77.9 Å². The minimum absolute atomic E-state index is 0.0210. The van der Waals surface area contributed by atoms with Crippen molar-refractivity contribution in [2.75, 3.05) is 19.0 Å². The summed E-state index contributed by atoms with van der Waals surface area (Å²) in [6, 6.07) is 23.2. The molecule has 1 heterocycles. The van der Waals surface area contributed by atoms with Crippen LogP contribution in [0.25, 0.3) is 10.8 Å². The third-order valence-corrected chi connectivity index (χ3v) is 5.22. The molecule has 0 fully saturated rings. The maximum Gasteiger partial charge on any atom is 0.187 e. The average Bonchev–Trinajstić information content (AvgIpc) is 3.13. The third-order valence-electron chi connectivity index (χ3n) is 5.03. The molecule has 3 aromatic carbocycles. The lowest BCUT2D eigenvalue weighted by Gasteiger charge is -2.22. The van der Waals surface area contributed by atoms with E-state index in [1.165, 1.54) is 10.8 Å². The van der Waals surface area contributed by atoms with Crippen molar-refractivity contribution in [2.45, 2.75) is 12.5 Å². The Morgan fingerprint density at radius 1 is 1.04 bits per heavy atom. The first-order valence-electron chi connectivity index (χ1n) is 8.96. The van der Waals surface area contributed by atoms with Crippen molar-refractivity contribution in [2.24, 2.45) is 10.8 Å². The van der Waals surface area contributed by atoms with Crippen LogP contribution >= 0.6 is 12.2 Å². The molecule has 1 aliphatic heterocycles. The highest BCUT2D eigenvalue weighted by Gasteiger charge is 2.31. The van der Waals surface area contributed by atoms with Gasteiger partial charge in [0.15, 0.2) is 5.11 Å². The minimum atomic E-state index is 0.0210. The summed E-state index contributed by atoms with van der Waals surface area (Å²) in [6.07, 6.45) is 0.770. The number of fused-ring (bicyclic) bond motifs is 1. The molecule has 0 spiro atoms. The first-order valence-corrected chi connectivity index (χ1v) is 9.37. The van der Waals surface area contributed by atoms with E-state index in [0.717, 1.165) is 28.9 Å². The van der Waals surface area contributed by atoms with E-state index >= 15 is 0 Å². The molecular formula is C22H22N4S. The van der Waals surface area contributed by atoms with E-state index in [0.29, 0.717) is 5.11 Å². The molecule has 27 heavy (non-hydrogen) atoms. The molecule has 0 bridgehead atoms. The van der Waals surface area contributed by atoms with Gasteiger partial charge in [-0.05, 0) is 40.7 Å². The van der Waals surface area contributed by atoms with Crippen LogP contribution in [0.3, 0.4) is 0 Å². The van der Waals surface area contributed by atoms with Crippen LogP contribution in [0.4, 0.5) is 5.69 Å². The zero-order valence-corrected chi connectivity index (χ0v) is 16.3. The van der Waals surface area contributed by atoms with Crippen molar-refractivity contribution in [1.82, 2.24) is 5.01 Å². The van der Waals surface area contributed by atoms with Gasteiger partial charge in [-0.25, -0.2) is 5.01 Å². The second-order valence-electron chi connectivity index (χ2n) is 6.96. The molecule has 1 aliphatic rings. The van der Waals surface area contributed by atoms with Crippen LogP contribution in [0.15, 0.2) is 71.8 Å². The predicted octanol–water partition coefficient (Wildman–Crippen LogP) is 4.30. The normalized spacial score (nSPS) is 16.4. The molecule has 1 atom stereocenters. The van der Waals surface area contributed by atoms with E-state index < -0.39 is 0 Å². The van der Waals surface area contributed by atoms with Crippen molar-refractivity contribution < 1.29 is 0 Å². The molecule has 1 unspecified atom stereocenters. The quantitative estimate of drug-likeness (QED) is 0.694. The van der Waals surface area contributed by atoms with Crippen molar-refractivity contribution in [3.8, 4) is 0 Å². The maximum absolute atomic E-state index is 6.00. The summed E-state index contributed by atoms with van der Waals surface area (Å²) in [5.74, 6) is 0. The number of rotatable bonds is 3. The summed E-state index contributed by atoms with van der Waals surface area (Å²) in [5.41, 5.74) is 10.5. The number of hydrogen-bond donors (Lipinski definition) is 1. The van der Waals surface area contributed by atoms with E-state index in [2.05, 4.69) is 71.6 Å². The Balaban J connectivity index is 1.72. The Morgan fingerprint density at radius 3 is 2.44 bits per heavy atom. The number of thiocarbonyl (C=S) groups is 1. The molecule has 5 heteroatoms. The lowest BCUT2D eigenvalue weighted by atomic mass is 9.95. The monoisotopic (exact) mass is 374 g/mol. The van der Waals surface area contributed by atoms with Crippen LogP contribution in [-0.2, 0) is 0 Å². The SMILES string of the molecule is CN(C)c1ccc(C2CC(c3cccc4ccccc34)=NN2C(N)=S)cc1. The Kier molecular flexibility index (Phi) is 4.54. The van der Waals surface area contributed by atoms with Gasteiger partial charge in [-0.3, -0.25) is 0 Å². The summed E-state index contributed by atoms with van der Waals surface area (Å²) in [4.78, 5) is 2.09. The van der Waals surface area contributed by atoms with Gasteiger partial charge in [0, 0.05) is 31.8 Å². The van der Waals surface area contributed by atoms with Crippen LogP contribution < -0.4 is 10.6 Å². The first kappa shape index (κ1) is 17.5. The van der Waals surface area contributed by atoms with Gasteiger partial charge in [-0.1, -0.05) is 54.6 Å². The topological polar surface area (TPSA) is 44.9 Å². The summed E-state index contributed by atoms with van der Waals surface area (Å²) in [7, 11) is 4.07. The third kappa shape index (κ3) is 3.26. The summed E-state index contributed by atoms with van der Waals surface area (Å²) < 4.78 is 0. The lowest BCUT2D eigenvalue weighted by Crippen LogP contribution is -2.31. The number of nitrogens with two attached hydrogens (primary N) is 1. The molecule has 0 aliphatic carbocycles. The van der Waals surface area contributed by atoms with Gasteiger partial charge in [0.1, 0.15) is 0 Å². The Labute approximate surface area is 164 Å². The van der Waals surface area contributed by atoms with Gasteiger partial charge in [0.05, 0.1) is 11.8 Å². The molecule has 0 aromatic heterocycles. The van der Waals surface area contributed by atoms with Gasteiger partial charge < -0.3 is 10.6 Å². The highest BCUT2D eigenvalue weighted by molar-refractivity contribution is 7.80. The standard InChI is InChI=1S/C22H22N4S/c1-25(2)17-12-10-16(11-13-17)21-14-20(24-26(21)22(23)27)19-9-5-7-15-6-3-4-8-18(15)19/h3-13,21H,14H2,1-2H3,(H2,23,27). The first-order chi connectivity index (χ1) is 13.0. The van der Waals surface area contributed by atoms with Crippen LogP contribution in [0.5, 0.6) is 0 Å². The molecule has 0 saturated carbocycles. The Bertz CT molecular complexity index is 1020. The smallest absolute Gasteiger partial charge is 0.187 e. The second-order valence-corrected chi connectivity index (χ2v) is 7.38. The average molecular weight is 375 g/mol. The van der Waals surface area contributed by atoms with Gasteiger partial charge in [0.2, 0.25) is 0 Å². The highest BCUT2D eigenvalue weighted by atomic mass is 32.1. The fourth-order valence-electron chi connectivity index (χ4n) is 3.61. The number of benzene rings is 3. The van der Waals surface area contributed by atoms with Gasteiger partial charge in [-0.2, -0.15) is 5.10 Å². The van der Waals surface area contributed by atoms with Crippen molar-refractivity contribution in [1.29, 1.82) is 0 Å². The molecule has 2 N–H and O–H groups in total. The largest absolute Gasteiger partial charge is 0.378 e. The molecule has 0 radical (unpaired) electrons. The van der Waals surface area contributed by atoms with Gasteiger partial charge in [-0.15, -0.1) is 0 Å². The molecule has 3 aromatic rings. The fraction of sp³-hybridized carbons (Fsp3) is 0.182. The highest BCUT2D eigenvalue weighted by Crippen LogP contribution is 2.34. The lowest BCUT2D eigenvalue weighted by molar-refractivity contribution is 0.373. The summed E-state index contributed by atoms with van der Waals surface area (Å²) in [5, 5.41) is 9.28. The van der Waals surface area contributed by atoms with E-state index in [1.54, 1.807) is 5.01 Å². The van der Waals surface area contributed by atoms with E-state index in [4.69, 9.17) is 23.1 Å². The number of anilines is 1. The van der Waals surface area contributed by atoms with Crippen molar-refractivity contribution >= 4 is 39.5 Å². The minimum Gasteiger partial charge on any atom is -0.378 e. The van der Waals surface area contributed by atoms with E-state index in [-0.39, 0.29) is 6.04 Å². The van der Waals surface area contributed by atoms with Crippen LogP contribution in [-0.4, -0.2) is 29.9 Å². The van der Waals surface area contributed by atoms with Crippen LogP contribution in [0.2, 0.25) is 0 Å². The van der Waals surface area contributed by atoms with Gasteiger partial charge in [0.25, 0.3) is 0 Å². The molecule has 136 valence electrons. The van der Waals surface area contributed by atoms with Crippen LogP contribution in [0, 0.1) is 0 Å². The van der Waals surface area contributed by atoms with E-state index in [1.807, 2.05) is 14.1 Å². The molecule has 4 nitrogen and oxygen atoms in total. The van der Waals surface area contributed by atoms with Crippen molar-refractivity contribution in [3.63, 3.8) is 0 Å². The van der Waals surface area contributed by atoms with E-state index in [9.17, 15) is 0 Å². The zero-order valence-electron chi connectivity index (χ0n) is 15.5. The molecule has 0 amide bonds. The number of hydrogen-bond acceptors (Lipinski definition) is 3. The predicted molar refractivity (Wildman–Crippen MR) is 117 cm³/mol. The molecule has 0 saturated heterocycles. The molecule has 4 rings (SSSR count). The fourth-order valence-corrected chi connectivity index (χ4v) is 3.78. The number of hydrazone groups is 1. The van der Waals surface area contributed by atoms with Crippen LogP contribution in [0.1, 0.15) is 23.6 Å². The summed E-state index contributed by atoms with van der Waals surface area (Å²) >= 11 is 5.29. The summed E-state index contributed by atoms with van der Waals surface area (Å²) in [6.45, 7) is 0. The Hall–Kier alpha value is -2.92. The zero-order chi connectivity index (χ0) is 19.0. The second kappa shape index (κ2) is 7.00. The number of nitrogens with zero attached hydrogens (tertiary/aromatic N) is 3. The maximum atomic E-state index is 6.00. The molecular weight excluding hydrogens is 352 g/mol. The van der Waals surface area contributed by atoms with Gasteiger partial charge >= 0.3 is 0 Å².